The first-order chi connectivity index (χ1) is 10.0. The number of morpholine rings is 1. The number of nitrogens with one attached hydrogen (secondary N) is 1. The highest BCUT2D eigenvalue weighted by molar-refractivity contribution is 9.10. The van der Waals surface area contributed by atoms with Crippen molar-refractivity contribution in [2.45, 2.75) is 37.8 Å². The van der Waals surface area contributed by atoms with Crippen LogP contribution in [0.2, 0.25) is 0 Å². The number of halogens is 1. The molecule has 1 aromatic rings. The smallest absolute Gasteiger partial charge is 0.247 e. The first-order valence-corrected chi connectivity index (χ1v) is 9.32. The lowest BCUT2D eigenvalue weighted by molar-refractivity contribution is 0.0314. The van der Waals surface area contributed by atoms with Crippen LogP contribution >= 0.6 is 15.9 Å². The fourth-order valence-corrected chi connectivity index (χ4v) is 4.94. The zero-order valence-electron chi connectivity index (χ0n) is 12.3. The molecule has 6 nitrogen and oxygen atoms in total. The van der Waals surface area contributed by atoms with Gasteiger partial charge in [-0.2, -0.15) is 4.31 Å². The van der Waals surface area contributed by atoms with Crippen molar-refractivity contribution < 1.29 is 17.6 Å². The average molecular weight is 381 g/mol. The maximum Gasteiger partial charge on any atom is 0.247 e. The van der Waals surface area contributed by atoms with Gasteiger partial charge in [-0.25, -0.2) is 8.42 Å². The molecule has 1 atom stereocenters. The molecular weight excluding hydrogens is 360 g/mol. The second kappa shape index (κ2) is 7.23. The number of hydrogen-bond donors (Lipinski definition) is 1. The second-order valence-corrected chi connectivity index (χ2v) is 7.46. The van der Waals surface area contributed by atoms with Gasteiger partial charge in [0.15, 0.2) is 4.67 Å². The largest absolute Gasteiger partial charge is 0.452 e. The normalized spacial score (nSPS) is 20.8. The van der Waals surface area contributed by atoms with Crippen LogP contribution in [0.3, 0.4) is 0 Å². The molecule has 0 aliphatic carbocycles. The molecule has 2 heterocycles. The molecule has 0 amide bonds. The molecule has 1 saturated heterocycles. The van der Waals surface area contributed by atoms with Crippen LogP contribution in [-0.4, -0.2) is 45.1 Å². The molecule has 0 saturated carbocycles. The van der Waals surface area contributed by atoms with E-state index in [9.17, 15) is 8.42 Å². The van der Waals surface area contributed by atoms with Crippen molar-refractivity contribution in [2.24, 2.45) is 0 Å². The van der Waals surface area contributed by atoms with E-state index < -0.39 is 10.0 Å². The van der Waals surface area contributed by atoms with E-state index in [2.05, 4.69) is 21.2 Å². The topological polar surface area (TPSA) is 71.8 Å². The van der Waals surface area contributed by atoms with Crippen molar-refractivity contribution in [3.8, 4) is 0 Å². The number of sulfonamides is 1. The van der Waals surface area contributed by atoms with E-state index in [0.29, 0.717) is 32.1 Å². The highest BCUT2D eigenvalue weighted by Crippen LogP contribution is 2.31. The van der Waals surface area contributed by atoms with Gasteiger partial charge in [-0.05, 0) is 28.9 Å². The Morgan fingerprint density at radius 2 is 2.24 bits per heavy atom. The Balaban J connectivity index is 2.28. The van der Waals surface area contributed by atoms with Gasteiger partial charge in [-0.15, -0.1) is 0 Å². The van der Waals surface area contributed by atoms with Crippen molar-refractivity contribution in [1.29, 1.82) is 0 Å². The van der Waals surface area contributed by atoms with Crippen molar-refractivity contribution in [3.63, 3.8) is 0 Å². The summed E-state index contributed by atoms with van der Waals surface area (Å²) in [7, 11) is -3.57. The molecule has 1 unspecified atom stereocenters. The van der Waals surface area contributed by atoms with Gasteiger partial charge in [-0.3, -0.25) is 0 Å². The standard InChI is InChI=1S/C13H21BrN2O4S/c1-3-10-9-19-6-5-16(10)21(17,18)12-7-11(8-15-4-2)20-13(12)14/h7,10,15H,3-6,8-9H2,1-2H3. The number of hydrogen-bond acceptors (Lipinski definition) is 5. The molecule has 1 fully saturated rings. The van der Waals surface area contributed by atoms with Gasteiger partial charge in [0, 0.05) is 18.7 Å². The predicted octanol–water partition coefficient (Wildman–Crippen LogP) is 1.95. The minimum atomic E-state index is -3.57. The summed E-state index contributed by atoms with van der Waals surface area (Å²) in [6.45, 7) is 6.48. The molecule has 120 valence electrons. The Hall–Kier alpha value is -0.410. The summed E-state index contributed by atoms with van der Waals surface area (Å²) in [6.07, 6.45) is 0.721. The molecule has 0 aromatic carbocycles. The van der Waals surface area contributed by atoms with Gasteiger partial charge in [0.2, 0.25) is 10.0 Å². The summed E-state index contributed by atoms with van der Waals surface area (Å²) >= 11 is 3.22. The summed E-state index contributed by atoms with van der Waals surface area (Å²) in [5, 5.41) is 3.11. The van der Waals surface area contributed by atoms with E-state index in [1.807, 2.05) is 13.8 Å². The highest BCUT2D eigenvalue weighted by atomic mass is 79.9. The molecule has 0 spiro atoms. The minimum absolute atomic E-state index is 0.122. The van der Waals surface area contributed by atoms with Crippen LogP contribution in [0.1, 0.15) is 26.0 Å². The molecule has 1 aliphatic rings. The zero-order chi connectivity index (χ0) is 15.5. The lowest BCUT2D eigenvalue weighted by Crippen LogP contribution is -2.48. The van der Waals surface area contributed by atoms with Gasteiger partial charge in [0.25, 0.3) is 0 Å². The molecule has 21 heavy (non-hydrogen) atoms. The number of nitrogens with zero attached hydrogens (tertiary/aromatic N) is 1. The van der Waals surface area contributed by atoms with E-state index in [1.165, 1.54) is 4.31 Å². The minimum Gasteiger partial charge on any atom is -0.452 e. The fourth-order valence-electron chi connectivity index (χ4n) is 2.31. The quantitative estimate of drug-likeness (QED) is 0.816. The maximum absolute atomic E-state index is 12.8. The molecule has 1 N–H and O–H groups in total. The Morgan fingerprint density at radius 3 is 2.90 bits per heavy atom. The Morgan fingerprint density at radius 1 is 1.48 bits per heavy atom. The van der Waals surface area contributed by atoms with Crippen LogP contribution in [0, 0.1) is 0 Å². The lowest BCUT2D eigenvalue weighted by atomic mass is 10.2. The molecule has 0 bridgehead atoms. The van der Waals surface area contributed by atoms with Gasteiger partial charge >= 0.3 is 0 Å². The third-order valence-electron chi connectivity index (χ3n) is 3.49. The molecule has 1 aliphatic heterocycles. The molecule has 8 heteroatoms. The van der Waals surface area contributed by atoms with E-state index in [-0.39, 0.29) is 15.6 Å². The number of rotatable bonds is 6. The first kappa shape index (κ1) is 17.0. The van der Waals surface area contributed by atoms with Gasteiger partial charge in [0.1, 0.15) is 10.7 Å². The van der Waals surface area contributed by atoms with Crippen molar-refractivity contribution in [2.75, 3.05) is 26.3 Å². The first-order valence-electron chi connectivity index (χ1n) is 7.09. The summed E-state index contributed by atoms with van der Waals surface area (Å²) < 4.78 is 38.3. The van der Waals surface area contributed by atoms with Crippen molar-refractivity contribution in [1.82, 2.24) is 9.62 Å². The van der Waals surface area contributed by atoms with E-state index in [1.54, 1.807) is 6.07 Å². The summed E-state index contributed by atoms with van der Waals surface area (Å²) in [4.78, 5) is 0.191. The maximum atomic E-state index is 12.8. The Bertz CT molecular complexity index is 573. The molecule has 0 radical (unpaired) electrons. The predicted molar refractivity (Wildman–Crippen MR) is 82.6 cm³/mol. The molecule has 2 rings (SSSR count). The third-order valence-corrected chi connectivity index (χ3v) is 6.30. The third kappa shape index (κ3) is 3.68. The number of ether oxygens (including phenoxy) is 1. The average Bonchev–Trinajstić information content (AvgIpc) is 2.86. The van der Waals surface area contributed by atoms with Gasteiger partial charge in [0.05, 0.1) is 19.8 Å². The van der Waals surface area contributed by atoms with Crippen LogP contribution < -0.4 is 5.32 Å². The summed E-state index contributed by atoms with van der Waals surface area (Å²) in [6, 6.07) is 1.47. The van der Waals surface area contributed by atoms with Crippen LogP contribution in [0.25, 0.3) is 0 Å². The SMILES string of the molecule is CCNCc1cc(S(=O)(=O)N2CCOCC2CC)c(Br)o1. The molecule has 1 aromatic heterocycles. The molecular formula is C13H21BrN2O4S. The zero-order valence-corrected chi connectivity index (χ0v) is 14.7. The van der Waals surface area contributed by atoms with Crippen LogP contribution in [0.4, 0.5) is 0 Å². The van der Waals surface area contributed by atoms with Crippen LogP contribution in [0.15, 0.2) is 20.0 Å². The Kier molecular flexibility index (Phi) is 5.84. The number of furan rings is 1. The van der Waals surface area contributed by atoms with Crippen LogP contribution in [-0.2, 0) is 21.3 Å². The fraction of sp³-hybridized carbons (Fsp3) is 0.692. The van der Waals surface area contributed by atoms with Crippen molar-refractivity contribution in [3.05, 3.63) is 16.5 Å². The van der Waals surface area contributed by atoms with Crippen LogP contribution in [0.5, 0.6) is 0 Å². The monoisotopic (exact) mass is 380 g/mol. The highest BCUT2D eigenvalue weighted by Gasteiger charge is 2.35. The summed E-state index contributed by atoms with van der Waals surface area (Å²) in [5.74, 6) is 0.601. The van der Waals surface area contributed by atoms with E-state index >= 15 is 0 Å². The van der Waals surface area contributed by atoms with Gasteiger partial charge < -0.3 is 14.5 Å². The summed E-state index contributed by atoms with van der Waals surface area (Å²) in [5.41, 5.74) is 0. The van der Waals surface area contributed by atoms with Gasteiger partial charge in [-0.1, -0.05) is 13.8 Å². The lowest BCUT2D eigenvalue weighted by Gasteiger charge is -2.33. The second-order valence-electron chi connectivity index (χ2n) is 4.88. The Labute approximate surface area is 134 Å². The van der Waals surface area contributed by atoms with E-state index in [4.69, 9.17) is 9.15 Å². The van der Waals surface area contributed by atoms with Crippen molar-refractivity contribution >= 4 is 26.0 Å². The van der Waals surface area contributed by atoms with E-state index in [0.717, 1.165) is 13.0 Å².